The fraction of sp³-hybridized carbons (Fsp3) is 0.192. The molecule has 0 fully saturated rings. The van der Waals surface area contributed by atoms with Crippen LogP contribution in [-0.4, -0.2) is 38.2 Å². The maximum atomic E-state index is 13.4. The van der Waals surface area contributed by atoms with Crippen LogP contribution in [0.25, 0.3) is 0 Å². The van der Waals surface area contributed by atoms with Crippen LogP contribution in [0.2, 0.25) is 0 Å². The molecule has 0 bridgehead atoms. The van der Waals surface area contributed by atoms with E-state index >= 15 is 0 Å². The summed E-state index contributed by atoms with van der Waals surface area (Å²) < 4.78 is 15.6. The largest absolute Gasteiger partial charge is 0.465 e. The van der Waals surface area contributed by atoms with E-state index in [9.17, 15) is 14.4 Å². The van der Waals surface area contributed by atoms with Crippen LogP contribution in [0.5, 0.6) is 11.5 Å². The summed E-state index contributed by atoms with van der Waals surface area (Å²) in [6, 6.07) is 19.7. The van der Waals surface area contributed by atoms with E-state index in [2.05, 4.69) is 5.32 Å². The third-order valence-electron chi connectivity index (χ3n) is 5.75. The van der Waals surface area contributed by atoms with E-state index in [-0.39, 0.29) is 36.8 Å². The van der Waals surface area contributed by atoms with Crippen LogP contribution in [0.15, 0.2) is 71.6 Å². The van der Waals surface area contributed by atoms with Crippen molar-refractivity contribution in [3.8, 4) is 11.5 Å². The Morgan fingerprint density at radius 1 is 1.06 bits per heavy atom. The highest BCUT2D eigenvalue weighted by Crippen LogP contribution is 2.47. The number of benzene rings is 3. The Bertz CT molecular complexity index is 1290. The van der Waals surface area contributed by atoms with Crippen LogP contribution in [0.4, 0.5) is 11.4 Å². The molecule has 1 N–H and O–H groups in total. The van der Waals surface area contributed by atoms with Crippen molar-refractivity contribution in [1.82, 2.24) is 0 Å². The first-order valence-corrected chi connectivity index (χ1v) is 11.8. The molecule has 2 heterocycles. The van der Waals surface area contributed by atoms with Gasteiger partial charge in [-0.3, -0.25) is 9.59 Å². The minimum Gasteiger partial charge on any atom is -0.465 e. The molecule has 1 atom stereocenters. The number of nitrogens with zero attached hydrogens (tertiary/aromatic N) is 1. The Kier molecular flexibility index (Phi) is 6.33. The predicted molar refractivity (Wildman–Crippen MR) is 131 cm³/mol. The van der Waals surface area contributed by atoms with Gasteiger partial charge in [0.05, 0.1) is 18.4 Å². The van der Waals surface area contributed by atoms with Gasteiger partial charge in [0.15, 0.2) is 11.5 Å². The lowest BCUT2D eigenvalue weighted by Crippen LogP contribution is -2.38. The van der Waals surface area contributed by atoms with Gasteiger partial charge in [0.2, 0.25) is 18.6 Å². The van der Waals surface area contributed by atoms with Crippen molar-refractivity contribution >= 4 is 40.9 Å². The molecule has 5 rings (SSSR count). The number of ether oxygens (including phenoxy) is 3. The van der Waals surface area contributed by atoms with Crippen LogP contribution in [0.1, 0.15) is 27.6 Å². The SMILES string of the molecule is COC(=O)c1ccc(NC(=O)CN2C(=O)CC(c3ccc4c(c3)OCO4)Sc3ccccc32)cc1. The first-order chi connectivity index (χ1) is 17.0. The summed E-state index contributed by atoms with van der Waals surface area (Å²) in [5, 5.41) is 2.65. The Morgan fingerprint density at radius 3 is 2.63 bits per heavy atom. The number of fused-ring (bicyclic) bond motifs is 2. The summed E-state index contributed by atoms with van der Waals surface area (Å²) in [5.41, 5.74) is 2.56. The van der Waals surface area contributed by atoms with Gasteiger partial charge in [-0.05, 0) is 54.1 Å². The van der Waals surface area contributed by atoms with Crippen LogP contribution in [-0.2, 0) is 14.3 Å². The maximum absolute atomic E-state index is 13.4. The van der Waals surface area contributed by atoms with Gasteiger partial charge < -0.3 is 24.4 Å². The van der Waals surface area contributed by atoms with Gasteiger partial charge in [0, 0.05) is 22.3 Å². The summed E-state index contributed by atoms with van der Waals surface area (Å²) in [7, 11) is 1.31. The van der Waals surface area contributed by atoms with Gasteiger partial charge in [-0.25, -0.2) is 4.79 Å². The number of rotatable bonds is 5. The topological polar surface area (TPSA) is 94.2 Å². The highest BCUT2D eigenvalue weighted by atomic mass is 32.2. The van der Waals surface area contributed by atoms with Gasteiger partial charge in [-0.1, -0.05) is 18.2 Å². The van der Waals surface area contributed by atoms with Crippen LogP contribution < -0.4 is 19.7 Å². The molecule has 0 aliphatic carbocycles. The number of anilines is 2. The average molecular weight is 491 g/mol. The van der Waals surface area contributed by atoms with Gasteiger partial charge in [-0.15, -0.1) is 11.8 Å². The molecule has 0 saturated carbocycles. The maximum Gasteiger partial charge on any atom is 0.337 e. The summed E-state index contributed by atoms with van der Waals surface area (Å²) in [5.74, 6) is 0.413. The van der Waals surface area contributed by atoms with Crippen molar-refractivity contribution in [1.29, 1.82) is 0 Å². The predicted octanol–water partition coefficient (Wildman–Crippen LogP) is 4.41. The molecule has 3 aromatic carbocycles. The lowest BCUT2D eigenvalue weighted by molar-refractivity contribution is -0.121. The molecule has 8 nitrogen and oxygen atoms in total. The number of thioether (sulfide) groups is 1. The smallest absolute Gasteiger partial charge is 0.337 e. The average Bonchev–Trinajstić information content (AvgIpc) is 3.30. The molecular weight excluding hydrogens is 468 g/mol. The minimum absolute atomic E-state index is 0.136. The van der Waals surface area contributed by atoms with E-state index in [1.165, 1.54) is 12.0 Å². The number of methoxy groups -OCH3 is 1. The minimum atomic E-state index is -0.454. The summed E-state index contributed by atoms with van der Waals surface area (Å²) in [6.07, 6.45) is 0.222. The normalized spacial score (nSPS) is 16.3. The zero-order chi connectivity index (χ0) is 24.4. The molecule has 0 radical (unpaired) electrons. The van der Waals surface area contributed by atoms with E-state index < -0.39 is 5.97 Å². The van der Waals surface area contributed by atoms with Crippen molar-refractivity contribution < 1.29 is 28.6 Å². The van der Waals surface area contributed by atoms with Gasteiger partial charge in [-0.2, -0.15) is 0 Å². The lowest BCUT2D eigenvalue weighted by Gasteiger charge is -2.22. The quantitative estimate of drug-likeness (QED) is 0.530. The fourth-order valence-corrected chi connectivity index (χ4v) is 5.27. The van der Waals surface area contributed by atoms with E-state index in [0.29, 0.717) is 28.4 Å². The van der Waals surface area contributed by atoms with Crippen molar-refractivity contribution in [3.05, 3.63) is 77.9 Å². The van der Waals surface area contributed by atoms with Crippen LogP contribution in [0, 0.1) is 0 Å². The second kappa shape index (κ2) is 9.71. The molecule has 0 saturated heterocycles. The zero-order valence-corrected chi connectivity index (χ0v) is 19.7. The number of hydrogen-bond acceptors (Lipinski definition) is 7. The van der Waals surface area contributed by atoms with Gasteiger partial charge >= 0.3 is 5.97 Å². The van der Waals surface area contributed by atoms with Crippen molar-refractivity contribution in [2.24, 2.45) is 0 Å². The molecule has 178 valence electrons. The molecule has 2 aliphatic heterocycles. The monoisotopic (exact) mass is 490 g/mol. The second-order valence-corrected chi connectivity index (χ2v) is 9.23. The Hall–Kier alpha value is -3.98. The van der Waals surface area contributed by atoms with E-state index in [0.717, 1.165) is 10.5 Å². The number of nitrogens with one attached hydrogen (secondary N) is 1. The molecule has 35 heavy (non-hydrogen) atoms. The van der Waals surface area contributed by atoms with E-state index in [1.54, 1.807) is 36.0 Å². The summed E-state index contributed by atoms with van der Waals surface area (Å²) >= 11 is 1.59. The Labute approximate surface area is 206 Å². The van der Waals surface area contributed by atoms with Gasteiger partial charge in [0.25, 0.3) is 0 Å². The molecule has 0 aromatic heterocycles. The second-order valence-electron chi connectivity index (χ2n) is 7.99. The van der Waals surface area contributed by atoms with Gasteiger partial charge in [0.1, 0.15) is 6.54 Å². The molecule has 9 heteroatoms. The molecule has 2 amide bonds. The highest BCUT2D eigenvalue weighted by Gasteiger charge is 2.31. The van der Waals surface area contributed by atoms with Crippen molar-refractivity contribution in [3.63, 3.8) is 0 Å². The fourth-order valence-electron chi connectivity index (χ4n) is 4.00. The van der Waals surface area contributed by atoms with Crippen LogP contribution in [0.3, 0.4) is 0 Å². The number of amides is 2. The standard InChI is InChI=1S/C26H22N2O6S/c1-32-26(31)16-6-9-18(10-7-16)27-24(29)14-28-19-4-2-3-5-22(19)35-23(13-25(28)30)17-8-11-20-21(12-17)34-15-33-20/h2-12,23H,13-15H2,1H3,(H,27,29). The zero-order valence-electron chi connectivity index (χ0n) is 18.9. The molecule has 0 spiro atoms. The molecule has 1 unspecified atom stereocenters. The number of hydrogen-bond donors (Lipinski definition) is 1. The highest BCUT2D eigenvalue weighted by molar-refractivity contribution is 7.99. The first kappa shape index (κ1) is 22.8. The number of para-hydroxylation sites is 1. The molecule has 3 aromatic rings. The number of esters is 1. The summed E-state index contributed by atoms with van der Waals surface area (Å²) in [6.45, 7) is 0.0513. The molecule has 2 aliphatic rings. The summed E-state index contributed by atoms with van der Waals surface area (Å²) in [4.78, 5) is 40.3. The Balaban J connectivity index is 1.34. The van der Waals surface area contributed by atoms with E-state index in [4.69, 9.17) is 14.2 Å². The number of carbonyl (C=O) groups is 3. The van der Waals surface area contributed by atoms with Crippen molar-refractivity contribution in [2.75, 3.05) is 30.7 Å². The van der Waals surface area contributed by atoms with E-state index in [1.807, 2.05) is 42.5 Å². The lowest BCUT2D eigenvalue weighted by atomic mass is 10.1. The first-order valence-electron chi connectivity index (χ1n) is 11.0. The Morgan fingerprint density at radius 2 is 1.83 bits per heavy atom. The third kappa shape index (κ3) is 4.81. The molecular formula is C26H22N2O6S. The van der Waals surface area contributed by atoms with Crippen LogP contribution >= 0.6 is 11.8 Å². The third-order valence-corrected chi connectivity index (χ3v) is 7.07. The van der Waals surface area contributed by atoms with Crippen molar-refractivity contribution in [2.45, 2.75) is 16.6 Å². The number of carbonyl (C=O) groups excluding carboxylic acids is 3.